The normalized spacial score (nSPS) is 41.2. The Balaban J connectivity index is 0.927. The fraction of sp³-hybridized carbons (Fsp3) is 0.741. The highest BCUT2D eigenvalue weighted by Crippen LogP contribution is 2.71. The van der Waals surface area contributed by atoms with E-state index in [1.807, 2.05) is 0 Å². The predicted octanol–water partition coefficient (Wildman–Crippen LogP) is 14.2. The number of hydrogen-bond donors (Lipinski definition) is 0. The minimum atomic E-state index is -0.986. The van der Waals surface area contributed by atoms with Gasteiger partial charge in [0.1, 0.15) is 0 Å². The van der Waals surface area contributed by atoms with Crippen LogP contribution in [0.1, 0.15) is 192 Å². The molecule has 10 fully saturated rings. The molecule has 0 amide bonds. The molecule has 12 unspecified atom stereocenters. The van der Waals surface area contributed by atoms with Gasteiger partial charge in [0.15, 0.2) is 23.0 Å². The third kappa shape index (κ3) is 6.30. The van der Waals surface area contributed by atoms with Gasteiger partial charge in [0.05, 0.1) is 0 Å². The second-order valence-corrected chi connectivity index (χ2v) is 27.6. The van der Waals surface area contributed by atoms with Crippen LogP contribution in [0.3, 0.4) is 0 Å². The third-order valence-electron chi connectivity index (χ3n) is 19.4. The van der Waals surface area contributed by atoms with Gasteiger partial charge in [-0.2, -0.15) is 0 Å². The quantitative estimate of drug-likeness (QED) is 0.277. The van der Waals surface area contributed by atoms with E-state index in [1.54, 1.807) is 0 Å². The number of allylic oxidation sites excluding steroid dienone is 1. The molecule has 0 bridgehead atoms. The SMILES string of the molecule is C=C(C)c1cc(OP2N3C4CCCCC4CC3C3CC4CCCCC4N32)c2c(c1)C(C)(C)c1cc(C(C)(C)C)cc(OP3N4C5CCCCC5CC4C4CC5CCCCC5N43)c1O2. The molecule has 12 atom stereocenters. The second kappa shape index (κ2) is 15.1. The molecule has 340 valence electrons. The van der Waals surface area contributed by atoms with Crippen LogP contribution in [-0.2, 0) is 10.8 Å². The van der Waals surface area contributed by atoms with Gasteiger partial charge in [0.2, 0.25) is 16.9 Å². The van der Waals surface area contributed by atoms with Crippen LogP contribution in [0.2, 0.25) is 0 Å². The van der Waals surface area contributed by atoms with E-state index < -0.39 is 16.9 Å². The summed E-state index contributed by atoms with van der Waals surface area (Å²) < 4.78 is 35.4. The monoisotopic (exact) mass is 891 g/mol. The minimum absolute atomic E-state index is 0.0485. The van der Waals surface area contributed by atoms with Crippen molar-refractivity contribution in [2.24, 2.45) is 23.7 Å². The van der Waals surface area contributed by atoms with E-state index in [2.05, 4.69) is 91.1 Å². The van der Waals surface area contributed by atoms with Gasteiger partial charge in [-0.3, -0.25) is 0 Å². The van der Waals surface area contributed by atoms with Crippen molar-refractivity contribution in [2.75, 3.05) is 0 Å². The summed E-state index contributed by atoms with van der Waals surface area (Å²) in [5, 5.41) is 0. The Hall–Kier alpha value is -1.72. The summed E-state index contributed by atoms with van der Waals surface area (Å²) >= 11 is 0. The van der Waals surface area contributed by atoms with Gasteiger partial charge in [0, 0.05) is 64.9 Å². The van der Waals surface area contributed by atoms with Gasteiger partial charge in [0.25, 0.3) is 0 Å². The maximum absolute atomic E-state index is 7.94. The van der Waals surface area contributed by atoms with Gasteiger partial charge in [-0.15, -0.1) is 0 Å². The lowest BCUT2D eigenvalue weighted by Gasteiger charge is -2.42. The molecule has 2 aromatic rings. The smallest absolute Gasteiger partial charge is 0.249 e. The molecular weight excluding hydrogens is 815 g/mol. The molecular formula is C54H76N4O3P2. The van der Waals surface area contributed by atoms with Crippen LogP contribution in [-0.4, -0.2) is 67.0 Å². The lowest BCUT2D eigenvalue weighted by Crippen LogP contribution is -2.37. The maximum Gasteiger partial charge on any atom is 0.249 e. The molecule has 63 heavy (non-hydrogen) atoms. The van der Waals surface area contributed by atoms with Gasteiger partial charge in [-0.25, -0.2) is 18.7 Å². The van der Waals surface area contributed by atoms with Crippen molar-refractivity contribution in [3.8, 4) is 23.0 Å². The van der Waals surface area contributed by atoms with Crippen LogP contribution in [0.25, 0.3) is 5.57 Å². The van der Waals surface area contributed by atoms with E-state index in [-0.39, 0.29) is 10.8 Å². The third-order valence-corrected chi connectivity index (χ3v) is 24.1. The van der Waals surface area contributed by atoms with Crippen LogP contribution in [0.5, 0.6) is 23.0 Å². The molecule has 9 heteroatoms. The lowest BCUT2D eigenvalue weighted by atomic mass is 9.73. The summed E-state index contributed by atoms with van der Waals surface area (Å²) in [4.78, 5) is 0. The molecule has 7 aliphatic heterocycles. The second-order valence-electron chi connectivity index (χ2n) is 24.3. The first-order chi connectivity index (χ1) is 30.4. The first kappa shape index (κ1) is 41.5. The van der Waals surface area contributed by atoms with Crippen LogP contribution < -0.4 is 13.8 Å². The van der Waals surface area contributed by atoms with E-state index in [9.17, 15) is 0 Å². The van der Waals surface area contributed by atoms with Crippen molar-refractivity contribution < 1.29 is 13.8 Å². The van der Waals surface area contributed by atoms with E-state index in [1.165, 1.54) is 151 Å². The summed E-state index contributed by atoms with van der Waals surface area (Å²) in [5.74, 6) is 7.07. The fourth-order valence-electron chi connectivity index (χ4n) is 16.3. The summed E-state index contributed by atoms with van der Waals surface area (Å²) in [7, 11) is -1.96. The van der Waals surface area contributed by atoms with Gasteiger partial charge < -0.3 is 13.8 Å². The van der Waals surface area contributed by atoms with E-state index in [0.717, 1.165) is 52.2 Å². The molecule has 11 aliphatic rings. The van der Waals surface area contributed by atoms with Crippen molar-refractivity contribution in [2.45, 2.75) is 229 Å². The molecule has 4 aliphatic carbocycles. The highest BCUT2D eigenvalue weighted by atomic mass is 31.2. The molecule has 0 spiro atoms. The first-order valence-corrected chi connectivity index (χ1v) is 28.6. The number of ether oxygens (including phenoxy) is 1. The summed E-state index contributed by atoms with van der Waals surface area (Å²) in [6.45, 7) is 18.7. The van der Waals surface area contributed by atoms with Crippen LogP contribution in [0.4, 0.5) is 0 Å². The highest BCUT2D eigenvalue weighted by Gasteiger charge is 2.65. The number of nitrogens with zero attached hydrogens (tertiary/aromatic N) is 4. The van der Waals surface area contributed by atoms with Gasteiger partial charge in [-0.05, 0) is 142 Å². The molecule has 6 saturated heterocycles. The van der Waals surface area contributed by atoms with Gasteiger partial charge >= 0.3 is 0 Å². The van der Waals surface area contributed by atoms with E-state index in [0.29, 0.717) is 48.3 Å². The molecule has 0 radical (unpaired) electrons. The van der Waals surface area contributed by atoms with Crippen molar-refractivity contribution >= 4 is 22.5 Å². The first-order valence-electron chi connectivity index (χ1n) is 26.2. The molecule has 7 heterocycles. The zero-order valence-electron chi connectivity index (χ0n) is 39.5. The predicted molar refractivity (Wildman–Crippen MR) is 258 cm³/mol. The fourth-order valence-corrected chi connectivity index (χ4v) is 22.0. The number of benzene rings is 2. The molecule has 7 nitrogen and oxygen atoms in total. The number of hydrogen-bond acceptors (Lipinski definition) is 7. The number of rotatable bonds is 5. The lowest BCUT2D eigenvalue weighted by molar-refractivity contribution is 0.231. The summed E-state index contributed by atoms with van der Waals surface area (Å²) in [6.07, 6.45) is 27.5. The number of fused-ring (bicyclic) bond motifs is 16. The largest absolute Gasteiger partial charge is 0.449 e. The Morgan fingerprint density at radius 3 is 1.30 bits per heavy atom. The summed E-state index contributed by atoms with van der Waals surface area (Å²) in [5.41, 5.74) is 5.66. The molecule has 2 aromatic carbocycles. The van der Waals surface area contributed by atoms with Crippen LogP contribution >= 0.6 is 16.9 Å². The van der Waals surface area contributed by atoms with Crippen LogP contribution in [0, 0.1) is 23.7 Å². The van der Waals surface area contributed by atoms with E-state index in [4.69, 9.17) is 13.8 Å². The Morgan fingerprint density at radius 2 is 0.921 bits per heavy atom. The van der Waals surface area contributed by atoms with Crippen LogP contribution in [0.15, 0.2) is 30.8 Å². The Bertz CT molecular complexity index is 2100. The molecule has 0 aromatic heterocycles. The maximum atomic E-state index is 7.94. The zero-order valence-corrected chi connectivity index (χ0v) is 41.3. The Kier molecular flexibility index (Phi) is 9.97. The van der Waals surface area contributed by atoms with Gasteiger partial charge in [-0.1, -0.05) is 104 Å². The minimum Gasteiger partial charge on any atom is -0.449 e. The summed E-state index contributed by atoms with van der Waals surface area (Å²) in [6, 6.07) is 14.8. The van der Waals surface area contributed by atoms with E-state index >= 15 is 0 Å². The standard InChI is InChI=1S/C54H76N4O3P2/c1-32(2)37-24-39-51(49(29-37)60-62-55-41-20-12-8-16-33(41)25-45(55)46-26-34-17-9-13-21-42(34)56(46)62)59-52-40(54(39,6)7)30-38(53(3,4)5)31-50(52)61-63-57-43-22-14-10-18-35(43)27-47(57)48-28-36-19-11-15-23-44(36)58(48)63/h24,29-31,33-36,41-48H,1,8-23,25-28H2,2-7H3. The molecule has 4 saturated carbocycles. The van der Waals surface area contributed by atoms with Crippen molar-refractivity contribution in [1.82, 2.24) is 18.7 Å². The average Bonchev–Trinajstić information content (AvgIpc) is 4.10. The topological polar surface area (TPSA) is 40.7 Å². The van der Waals surface area contributed by atoms with Crippen molar-refractivity contribution in [3.05, 3.63) is 53.1 Å². The van der Waals surface area contributed by atoms with Crippen molar-refractivity contribution in [1.29, 1.82) is 0 Å². The Labute approximate surface area is 382 Å². The average molecular weight is 891 g/mol. The highest BCUT2D eigenvalue weighted by molar-refractivity contribution is 7.48. The van der Waals surface area contributed by atoms with Crippen molar-refractivity contribution in [3.63, 3.8) is 0 Å². The Morgan fingerprint density at radius 1 is 0.556 bits per heavy atom. The zero-order chi connectivity index (χ0) is 42.7. The molecule has 13 rings (SSSR count). The molecule has 0 N–H and O–H groups in total.